The van der Waals surface area contributed by atoms with Crippen molar-refractivity contribution >= 4 is 16.6 Å². The fraction of sp³-hybridized carbons (Fsp3) is 0.176. The maximum Gasteiger partial charge on any atom is 0.167 e. The summed E-state index contributed by atoms with van der Waals surface area (Å²) >= 11 is 0. The van der Waals surface area contributed by atoms with Gasteiger partial charge >= 0.3 is 0 Å². The first-order valence-electron chi connectivity index (χ1n) is 6.73. The Hall–Kier alpha value is -2.42. The average Bonchev–Trinajstić information content (AvgIpc) is 2.99. The van der Waals surface area contributed by atoms with Crippen molar-refractivity contribution in [1.29, 1.82) is 0 Å². The van der Waals surface area contributed by atoms with Crippen molar-refractivity contribution in [1.82, 2.24) is 9.55 Å². The summed E-state index contributed by atoms with van der Waals surface area (Å²) in [5, 5.41) is 2.26. The third-order valence-corrected chi connectivity index (χ3v) is 3.53. The minimum absolute atomic E-state index is 0.0645. The second-order valence-electron chi connectivity index (χ2n) is 5.09. The molecule has 0 N–H and O–H groups in total. The number of Topliss-reactive ketones (excluding diaryl/α,β-unsaturated/α-hetero) is 1. The summed E-state index contributed by atoms with van der Waals surface area (Å²) in [5.41, 5.74) is 0.774. The van der Waals surface area contributed by atoms with E-state index < -0.39 is 0 Å². The highest BCUT2D eigenvalue weighted by Crippen LogP contribution is 2.18. The van der Waals surface area contributed by atoms with Crippen LogP contribution in [-0.2, 0) is 6.54 Å². The number of nitrogens with zero attached hydrogens (tertiary/aromatic N) is 2. The molecule has 3 nitrogen and oxygen atoms in total. The highest BCUT2D eigenvalue weighted by Gasteiger charge is 2.15. The van der Waals surface area contributed by atoms with Gasteiger partial charge in [-0.1, -0.05) is 43.3 Å². The van der Waals surface area contributed by atoms with Gasteiger partial charge in [0.25, 0.3) is 0 Å². The minimum atomic E-state index is -0.0645. The molecule has 0 amide bonds. The molecule has 3 rings (SSSR count). The maximum atomic E-state index is 12.5. The largest absolute Gasteiger partial charge is 0.337 e. The van der Waals surface area contributed by atoms with Gasteiger partial charge in [0, 0.05) is 30.4 Å². The van der Waals surface area contributed by atoms with E-state index in [-0.39, 0.29) is 11.7 Å². The van der Waals surface area contributed by atoms with Crippen LogP contribution in [0.15, 0.2) is 61.2 Å². The Bertz CT molecular complexity index is 732. The van der Waals surface area contributed by atoms with Gasteiger partial charge in [0.1, 0.15) is 0 Å². The number of imidazole rings is 1. The zero-order chi connectivity index (χ0) is 13.9. The molecule has 2 aromatic carbocycles. The lowest BCUT2D eigenvalue weighted by Gasteiger charge is -2.11. The zero-order valence-corrected chi connectivity index (χ0v) is 11.4. The van der Waals surface area contributed by atoms with Crippen molar-refractivity contribution in [3.8, 4) is 0 Å². The van der Waals surface area contributed by atoms with Gasteiger partial charge in [-0.2, -0.15) is 0 Å². The van der Waals surface area contributed by atoms with Gasteiger partial charge in [-0.05, 0) is 16.8 Å². The number of carbonyl (C=O) groups excluding carboxylic acids is 1. The molecule has 0 saturated carbocycles. The molecule has 1 unspecified atom stereocenters. The predicted octanol–water partition coefficient (Wildman–Crippen LogP) is 3.56. The Labute approximate surface area is 117 Å². The molecule has 0 radical (unpaired) electrons. The van der Waals surface area contributed by atoms with Crippen LogP contribution in [0.3, 0.4) is 0 Å². The molecule has 0 saturated heterocycles. The highest BCUT2D eigenvalue weighted by atomic mass is 16.1. The smallest absolute Gasteiger partial charge is 0.167 e. The second kappa shape index (κ2) is 5.29. The molecule has 0 aliphatic carbocycles. The molecular formula is C17H16N2O. The van der Waals surface area contributed by atoms with Crippen LogP contribution in [0, 0.1) is 5.92 Å². The van der Waals surface area contributed by atoms with Gasteiger partial charge in [0.15, 0.2) is 5.78 Å². The van der Waals surface area contributed by atoms with Crippen LogP contribution < -0.4 is 0 Å². The summed E-state index contributed by atoms with van der Waals surface area (Å²) < 4.78 is 1.93. The fourth-order valence-electron chi connectivity index (χ4n) is 2.42. The van der Waals surface area contributed by atoms with Crippen LogP contribution in [-0.4, -0.2) is 15.3 Å². The van der Waals surface area contributed by atoms with Crippen molar-refractivity contribution < 1.29 is 4.79 Å². The molecule has 20 heavy (non-hydrogen) atoms. The lowest BCUT2D eigenvalue weighted by molar-refractivity contribution is 0.0918. The molecule has 0 spiro atoms. The summed E-state index contributed by atoms with van der Waals surface area (Å²) in [6.07, 6.45) is 5.35. The lowest BCUT2D eigenvalue weighted by atomic mass is 9.97. The predicted molar refractivity (Wildman–Crippen MR) is 79.7 cm³/mol. The van der Waals surface area contributed by atoms with Gasteiger partial charge in [-0.25, -0.2) is 4.98 Å². The van der Waals surface area contributed by atoms with Crippen LogP contribution in [0.4, 0.5) is 0 Å². The molecule has 3 aromatic rings. The first-order valence-corrected chi connectivity index (χ1v) is 6.73. The van der Waals surface area contributed by atoms with E-state index in [0.717, 1.165) is 16.3 Å². The van der Waals surface area contributed by atoms with E-state index in [4.69, 9.17) is 0 Å². The van der Waals surface area contributed by atoms with Gasteiger partial charge in [-0.3, -0.25) is 4.79 Å². The lowest BCUT2D eigenvalue weighted by Crippen LogP contribution is -2.17. The number of carbonyl (C=O) groups is 1. The van der Waals surface area contributed by atoms with Crippen molar-refractivity contribution in [3.63, 3.8) is 0 Å². The third-order valence-electron chi connectivity index (χ3n) is 3.53. The van der Waals surface area contributed by atoms with E-state index in [1.54, 1.807) is 12.5 Å². The van der Waals surface area contributed by atoms with E-state index in [2.05, 4.69) is 11.1 Å². The average molecular weight is 264 g/mol. The summed E-state index contributed by atoms with van der Waals surface area (Å²) in [7, 11) is 0. The summed E-state index contributed by atoms with van der Waals surface area (Å²) in [5.74, 6) is 0.106. The zero-order valence-electron chi connectivity index (χ0n) is 11.4. The van der Waals surface area contributed by atoms with Gasteiger partial charge in [0.05, 0.1) is 6.33 Å². The van der Waals surface area contributed by atoms with E-state index in [1.807, 2.05) is 54.1 Å². The monoisotopic (exact) mass is 264 g/mol. The summed E-state index contributed by atoms with van der Waals surface area (Å²) in [6, 6.07) is 14.0. The third kappa shape index (κ3) is 2.48. The van der Waals surface area contributed by atoms with E-state index in [0.29, 0.717) is 6.54 Å². The molecule has 3 heteroatoms. The van der Waals surface area contributed by atoms with Crippen LogP contribution in [0.2, 0.25) is 0 Å². The highest BCUT2D eigenvalue weighted by molar-refractivity contribution is 6.01. The SMILES string of the molecule is CC(Cn1ccnc1)C(=O)c1ccc2ccccc2c1. The molecule has 1 atom stereocenters. The Morgan fingerprint density at radius 3 is 2.75 bits per heavy atom. The van der Waals surface area contributed by atoms with Crippen molar-refractivity contribution in [3.05, 3.63) is 66.7 Å². The Morgan fingerprint density at radius 1 is 1.20 bits per heavy atom. The van der Waals surface area contributed by atoms with Crippen LogP contribution in [0.1, 0.15) is 17.3 Å². The Kier molecular flexibility index (Phi) is 3.33. The number of ketones is 1. The molecule has 1 aromatic heterocycles. The van der Waals surface area contributed by atoms with Gasteiger partial charge in [0.2, 0.25) is 0 Å². The van der Waals surface area contributed by atoms with Crippen LogP contribution >= 0.6 is 0 Å². The van der Waals surface area contributed by atoms with E-state index in [9.17, 15) is 4.79 Å². The van der Waals surface area contributed by atoms with Crippen molar-refractivity contribution in [2.24, 2.45) is 5.92 Å². The van der Waals surface area contributed by atoms with Crippen LogP contribution in [0.5, 0.6) is 0 Å². The van der Waals surface area contributed by atoms with Crippen molar-refractivity contribution in [2.75, 3.05) is 0 Å². The molecule has 1 heterocycles. The van der Waals surface area contributed by atoms with Crippen LogP contribution in [0.25, 0.3) is 10.8 Å². The van der Waals surface area contributed by atoms with Gasteiger partial charge in [-0.15, -0.1) is 0 Å². The number of fused-ring (bicyclic) bond motifs is 1. The molecule has 0 aliphatic rings. The molecular weight excluding hydrogens is 248 g/mol. The number of aromatic nitrogens is 2. The molecule has 0 fully saturated rings. The summed E-state index contributed by atoms with van der Waals surface area (Å²) in [4.78, 5) is 16.5. The number of rotatable bonds is 4. The molecule has 0 aliphatic heterocycles. The number of benzene rings is 2. The van der Waals surface area contributed by atoms with E-state index >= 15 is 0 Å². The Morgan fingerprint density at radius 2 is 2.00 bits per heavy atom. The first kappa shape index (κ1) is 12.6. The normalized spacial score (nSPS) is 12.4. The van der Waals surface area contributed by atoms with Gasteiger partial charge < -0.3 is 4.57 Å². The number of hydrogen-bond acceptors (Lipinski definition) is 2. The molecule has 0 bridgehead atoms. The quantitative estimate of drug-likeness (QED) is 0.675. The Balaban J connectivity index is 1.84. The number of hydrogen-bond donors (Lipinski definition) is 0. The second-order valence-corrected chi connectivity index (χ2v) is 5.09. The van der Waals surface area contributed by atoms with E-state index in [1.165, 1.54) is 0 Å². The molecule has 100 valence electrons. The van der Waals surface area contributed by atoms with Crippen molar-refractivity contribution in [2.45, 2.75) is 13.5 Å². The fourth-order valence-corrected chi connectivity index (χ4v) is 2.42. The minimum Gasteiger partial charge on any atom is -0.337 e. The first-order chi connectivity index (χ1) is 9.74. The maximum absolute atomic E-state index is 12.5. The topological polar surface area (TPSA) is 34.9 Å². The standard InChI is InChI=1S/C17H16N2O/c1-13(11-19-9-8-18-12-19)17(20)16-7-6-14-4-2-3-5-15(14)10-16/h2-10,12-13H,11H2,1H3. The summed E-state index contributed by atoms with van der Waals surface area (Å²) in [6.45, 7) is 2.61.